The molecule has 0 unspecified atom stereocenters. The quantitative estimate of drug-likeness (QED) is 0.422. The lowest BCUT2D eigenvalue weighted by molar-refractivity contribution is -0.166. The second-order valence-corrected chi connectivity index (χ2v) is 10.2. The van der Waals surface area contributed by atoms with Gasteiger partial charge in [-0.25, -0.2) is 13.4 Å². The van der Waals surface area contributed by atoms with Crippen LogP contribution in [0.1, 0.15) is 51.5 Å². The maximum atomic E-state index is 12.9. The summed E-state index contributed by atoms with van der Waals surface area (Å²) in [5, 5.41) is 10.7. The molecule has 3 rings (SSSR count). The number of ether oxygens (including phenoxy) is 2. The van der Waals surface area contributed by atoms with Crippen molar-refractivity contribution in [3.63, 3.8) is 0 Å². The van der Waals surface area contributed by atoms with E-state index >= 15 is 0 Å². The van der Waals surface area contributed by atoms with E-state index in [9.17, 15) is 18.4 Å². The van der Waals surface area contributed by atoms with Gasteiger partial charge < -0.3 is 9.47 Å². The first kappa shape index (κ1) is 29.0. The zero-order valence-corrected chi connectivity index (χ0v) is 21.7. The number of carbonyl (C=O) groups is 1. The highest BCUT2D eigenvalue weighted by atomic mass is 35.5. The molecule has 1 saturated carbocycles. The zero-order chi connectivity index (χ0) is 24.6. The van der Waals surface area contributed by atoms with Gasteiger partial charge in [-0.2, -0.15) is 0 Å². The van der Waals surface area contributed by atoms with Crippen molar-refractivity contribution in [3.8, 4) is 5.75 Å². The smallest absolute Gasteiger partial charge is 0.236 e. The largest absolute Gasteiger partial charge is 0.494 e. The number of benzene rings is 1. The van der Waals surface area contributed by atoms with E-state index in [0.717, 1.165) is 25.7 Å². The summed E-state index contributed by atoms with van der Waals surface area (Å²) in [5.74, 6) is 0.563. The van der Waals surface area contributed by atoms with Gasteiger partial charge in [-0.1, -0.05) is 5.17 Å². The van der Waals surface area contributed by atoms with Crippen molar-refractivity contribution >= 4 is 28.2 Å². The third kappa shape index (κ3) is 8.43. The van der Waals surface area contributed by atoms with Gasteiger partial charge in [0.2, 0.25) is 15.7 Å². The lowest BCUT2D eigenvalue weighted by Crippen LogP contribution is -2.40. The summed E-state index contributed by atoms with van der Waals surface area (Å²) in [6.07, 6.45) is 5.68. The first-order chi connectivity index (χ1) is 16.3. The summed E-state index contributed by atoms with van der Waals surface area (Å²) in [4.78, 5) is 16.4. The van der Waals surface area contributed by atoms with Gasteiger partial charge in [0.15, 0.2) is 5.03 Å². The molecular formula is C24H34ClN3O6S. The lowest BCUT2D eigenvalue weighted by Gasteiger charge is -2.28. The van der Waals surface area contributed by atoms with Gasteiger partial charge in [0.25, 0.3) is 0 Å². The summed E-state index contributed by atoms with van der Waals surface area (Å²) >= 11 is 0. The molecule has 35 heavy (non-hydrogen) atoms. The van der Waals surface area contributed by atoms with Crippen LogP contribution in [-0.4, -0.2) is 49.0 Å². The van der Waals surface area contributed by atoms with Crippen molar-refractivity contribution in [3.05, 3.63) is 48.2 Å². The zero-order valence-electron chi connectivity index (χ0n) is 20.1. The molecule has 0 spiro atoms. The van der Waals surface area contributed by atoms with Crippen LogP contribution in [0, 0.1) is 5.92 Å². The minimum atomic E-state index is -3.84. The summed E-state index contributed by atoms with van der Waals surface area (Å²) in [7, 11) is -3.84. The fourth-order valence-electron chi connectivity index (χ4n) is 4.10. The predicted molar refractivity (Wildman–Crippen MR) is 132 cm³/mol. The Balaban J connectivity index is 0.00000432. The fraction of sp³-hybridized carbons (Fsp3) is 0.500. The number of pyridine rings is 1. The monoisotopic (exact) mass is 527 g/mol. The second kappa shape index (κ2) is 13.7. The van der Waals surface area contributed by atoms with E-state index < -0.39 is 9.84 Å². The molecule has 0 radical (unpaired) electrons. The molecular weight excluding hydrogens is 494 g/mol. The van der Waals surface area contributed by atoms with E-state index in [0.29, 0.717) is 36.1 Å². The molecule has 1 amide bonds. The molecule has 0 saturated heterocycles. The molecule has 0 bridgehead atoms. The average Bonchev–Trinajstić information content (AvgIpc) is 2.81. The maximum absolute atomic E-state index is 12.9. The Morgan fingerprint density at radius 2 is 1.80 bits per heavy atom. The van der Waals surface area contributed by atoms with Crippen molar-refractivity contribution < 1.29 is 27.9 Å². The molecule has 1 aliphatic rings. The number of halogens is 1. The first-order valence-corrected chi connectivity index (χ1v) is 13.1. The number of sulfone groups is 1. The number of hydrazine groups is 1. The maximum Gasteiger partial charge on any atom is 0.236 e. The average molecular weight is 528 g/mol. The summed E-state index contributed by atoms with van der Waals surface area (Å²) in [6, 6.07) is 9.09. The Morgan fingerprint density at radius 1 is 1.11 bits per heavy atom. The topological polar surface area (TPSA) is 118 Å². The highest BCUT2D eigenvalue weighted by molar-refractivity contribution is 7.91. The number of hydrogen-bond donors (Lipinski definition) is 2. The van der Waals surface area contributed by atoms with Gasteiger partial charge >= 0.3 is 0 Å². The predicted octanol–water partition coefficient (Wildman–Crippen LogP) is 3.94. The van der Waals surface area contributed by atoms with Crippen LogP contribution < -0.4 is 10.2 Å². The number of amides is 1. The van der Waals surface area contributed by atoms with E-state index in [1.807, 2.05) is 13.8 Å². The molecule has 1 fully saturated rings. The van der Waals surface area contributed by atoms with Gasteiger partial charge in [-0.05, 0) is 87.4 Å². The molecule has 1 aromatic carbocycles. The number of carbonyl (C=O) groups excluding carboxylic acids is 1. The second-order valence-electron chi connectivity index (χ2n) is 8.31. The molecule has 9 nitrogen and oxygen atoms in total. The van der Waals surface area contributed by atoms with E-state index in [2.05, 4.69) is 10.4 Å². The van der Waals surface area contributed by atoms with E-state index in [-0.39, 0.29) is 46.8 Å². The van der Waals surface area contributed by atoms with Crippen LogP contribution in [0.25, 0.3) is 0 Å². The van der Waals surface area contributed by atoms with E-state index in [1.54, 1.807) is 18.2 Å². The molecule has 1 heterocycles. The van der Waals surface area contributed by atoms with Crippen LogP contribution in [0.3, 0.4) is 0 Å². The molecule has 1 aliphatic carbocycles. The van der Waals surface area contributed by atoms with Crippen LogP contribution in [0.4, 0.5) is 0 Å². The third-order valence-corrected chi connectivity index (χ3v) is 7.44. The number of hydrogen-bond acceptors (Lipinski definition) is 8. The normalized spacial score (nSPS) is 18.1. The summed E-state index contributed by atoms with van der Waals surface area (Å²) in [5.41, 5.74) is 2.94. The minimum Gasteiger partial charge on any atom is -0.494 e. The summed E-state index contributed by atoms with van der Waals surface area (Å²) < 4.78 is 36.9. The number of hydroxylamine groups is 1. The van der Waals surface area contributed by atoms with E-state index in [4.69, 9.17) is 9.47 Å². The van der Waals surface area contributed by atoms with Crippen LogP contribution in [0.2, 0.25) is 0 Å². The highest BCUT2D eigenvalue weighted by Crippen LogP contribution is 2.28. The van der Waals surface area contributed by atoms with Crippen LogP contribution in [0.15, 0.2) is 52.5 Å². The molecule has 194 valence electrons. The third-order valence-electron chi connectivity index (χ3n) is 5.78. The number of rotatable bonds is 11. The van der Waals surface area contributed by atoms with Gasteiger partial charge in [0, 0.05) is 19.2 Å². The van der Waals surface area contributed by atoms with Gasteiger partial charge in [0.05, 0.1) is 24.2 Å². The minimum absolute atomic E-state index is 0. The van der Waals surface area contributed by atoms with E-state index in [1.165, 1.54) is 24.4 Å². The molecule has 0 atom stereocenters. The first-order valence-electron chi connectivity index (χ1n) is 11.6. The van der Waals surface area contributed by atoms with Crippen molar-refractivity contribution in [2.75, 3.05) is 13.2 Å². The molecule has 2 N–H and O–H groups in total. The Kier molecular flexibility index (Phi) is 11.4. The van der Waals surface area contributed by atoms with Gasteiger partial charge in [0.1, 0.15) is 5.75 Å². The van der Waals surface area contributed by atoms with Crippen molar-refractivity contribution in [1.82, 2.24) is 15.6 Å². The lowest BCUT2D eigenvalue weighted by atomic mass is 9.85. The Morgan fingerprint density at radius 3 is 2.43 bits per heavy atom. The van der Waals surface area contributed by atoms with Crippen molar-refractivity contribution in [2.45, 2.75) is 68.5 Å². The fourth-order valence-corrected chi connectivity index (χ4v) is 5.34. The standard InChI is InChI=1S/C24H33N3O6S.ClH/c1-3-32-20-7-5-18(6-8-20)15-23(28)26-27(29)17-19-13-14-25-24(16-19)34(30,31)22-11-9-21(10-12-22)33-4-2;/h9-14,16,18,20,29H,3-8,15,17H2,1-2H3,(H,26,28);1H/t18-,20-;. The highest BCUT2D eigenvalue weighted by Gasteiger charge is 2.24. The number of nitrogens with one attached hydrogen (secondary N) is 1. The van der Waals surface area contributed by atoms with Crippen molar-refractivity contribution in [2.24, 2.45) is 5.92 Å². The van der Waals surface area contributed by atoms with Crippen LogP contribution >= 0.6 is 12.4 Å². The van der Waals surface area contributed by atoms with Gasteiger partial charge in [-0.15, -0.1) is 12.4 Å². The van der Waals surface area contributed by atoms with Crippen LogP contribution in [0.5, 0.6) is 5.75 Å². The van der Waals surface area contributed by atoms with Crippen molar-refractivity contribution in [1.29, 1.82) is 0 Å². The number of nitrogens with zero attached hydrogens (tertiary/aromatic N) is 2. The Hall–Kier alpha value is -2.24. The summed E-state index contributed by atoms with van der Waals surface area (Å²) in [6.45, 7) is 4.93. The van der Waals surface area contributed by atoms with Gasteiger partial charge in [-0.3, -0.25) is 15.4 Å². The molecule has 11 heteroatoms. The molecule has 1 aromatic heterocycles. The number of aromatic nitrogens is 1. The van der Waals surface area contributed by atoms with Crippen LogP contribution in [-0.2, 0) is 25.9 Å². The Labute approximate surface area is 213 Å². The molecule has 0 aliphatic heterocycles. The molecule has 2 aromatic rings. The Bertz CT molecular complexity index is 1040. The SMILES string of the molecule is CCOc1ccc(S(=O)(=O)c2cc(CN(O)NC(=O)C[C@H]3CC[C@H](OCC)CC3)ccn2)cc1.Cl.